The molecule has 0 saturated carbocycles. The van der Waals surface area contributed by atoms with E-state index < -0.39 is 17.7 Å². The minimum Gasteiger partial charge on any atom is -0.465 e. The minimum atomic E-state index is -0.812. The van der Waals surface area contributed by atoms with E-state index in [1.54, 1.807) is 31.2 Å². The molecule has 0 aliphatic carbocycles. The number of ketones is 1. The topological polar surface area (TPSA) is 71.1 Å². The molecular weight excluding hydrogens is 504 g/mol. The average Bonchev–Trinajstić information content (AvgIpc) is 2.89. The van der Waals surface area contributed by atoms with Gasteiger partial charge in [0.15, 0.2) is 12.1 Å². The van der Waals surface area contributed by atoms with E-state index in [1.165, 1.54) is 0 Å². The van der Waals surface area contributed by atoms with Gasteiger partial charge < -0.3 is 18.9 Å². The van der Waals surface area contributed by atoms with Gasteiger partial charge in [-0.25, -0.2) is 4.79 Å². The maximum Gasteiger partial charge on any atom is 0.341 e. The summed E-state index contributed by atoms with van der Waals surface area (Å²) in [6.45, 7) is 19.6. The van der Waals surface area contributed by atoms with Gasteiger partial charge in [0.2, 0.25) is 6.29 Å². The number of fused-ring (bicyclic) bond motifs is 1. The summed E-state index contributed by atoms with van der Waals surface area (Å²) in [6, 6.07) is 14.6. The maximum absolute atomic E-state index is 12.7. The van der Waals surface area contributed by atoms with Gasteiger partial charge in [-0.2, -0.15) is 0 Å². The number of Topliss-reactive ketones (excluding diaryl/α,β-unsaturated/α-hetero) is 1. The van der Waals surface area contributed by atoms with Gasteiger partial charge in [0.05, 0.1) is 11.2 Å². The standard InChI is InChI=1S/C34H44O6/c1-11-33(7,8)31(35)25-13-15-26(16-14-25)32(36)39-23(5)37-29-19-27-18-22(4)30(20-28(27)17-21(29)3)38-24(6)40-34(9,10)12-2/h13-20,23-24H,11-12H2,1-10H3. The van der Waals surface area contributed by atoms with Crippen LogP contribution in [0.1, 0.15) is 100 Å². The number of carbonyl (C=O) groups excluding carboxylic acids is 2. The maximum atomic E-state index is 12.7. The Morgan fingerprint density at radius 1 is 0.725 bits per heavy atom. The molecule has 0 bridgehead atoms. The first-order valence-electron chi connectivity index (χ1n) is 14.1. The fourth-order valence-electron chi connectivity index (χ4n) is 4.26. The molecule has 0 radical (unpaired) electrons. The first-order valence-corrected chi connectivity index (χ1v) is 14.1. The number of benzene rings is 3. The highest BCUT2D eigenvalue weighted by Gasteiger charge is 2.27. The summed E-state index contributed by atoms with van der Waals surface area (Å²) in [4.78, 5) is 25.4. The van der Waals surface area contributed by atoms with E-state index in [1.807, 2.05) is 65.8 Å². The van der Waals surface area contributed by atoms with Crippen molar-refractivity contribution < 1.29 is 28.5 Å². The molecule has 40 heavy (non-hydrogen) atoms. The van der Waals surface area contributed by atoms with Crippen molar-refractivity contribution in [3.63, 3.8) is 0 Å². The molecule has 216 valence electrons. The first-order chi connectivity index (χ1) is 18.7. The average molecular weight is 549 g/mol. The van der Waals surface area contributed by atoms with Crippen LogP contribution in [0.2, 0.25) is 0 Å². The first kappa shape index (κ1) is 31.2. The number of rotatable bonds is 12. The lowest BCUT2D eigenvalue weighted by Gasteiger charge is -2.28. The molecule has 2 unspecified atom stereocenters. The molecule has 3 aromatic rings. The highest BCUT2D eigenvalue weighted by Crippen LogP contribution is 2.32. The second-order valence-corrected chi connectivity index (χ2v) is 11.7. The van der Waals surface area contributed by atoms with E-state index in [0.29, 0.717) is 16.9 Å². The van der Waals surface area contributed by atoms with Crippen LogP contribution in [-0.4, -0.2) is 29.9 Å². The number of esters is 1. The van der Waals surface area contributed by atoms with E-state index >= 15 is 0 Å². The molecule has 0 fully saturated rings. The van der Waals surface area contributed by atoms with Gasteiger partial charge in [-0.3, -0.25) is 4.79 Å². The third kappa shape index (κ3) is 7.63. The molecule has 0 aliphatic heterocycles. The number of ether oxygens (including phenoxy) is 4. The minimum absolute atomic E-state index is 0.0515. The van der Waals surface area contributed by atoms with Gasteiger partial charge in [-0.15, -0.1) is 0 Å². The Balaban J connectivity index is 1.69. The van der Waals surface area contributed by atoms with Gasteiger partial charge in [0.1, 0.15) is 11.5 Å². The smallest absolute Gasteiger partial charge is 0.341 e. The van der Waals surface area contributed by atoms with E-state index in [-0.39, 0.29) is 17.7 Å². The van der Waals surface area contributed by atoms with Gasteiger partial charge in [-0.05, 0) is 106 Å². The Kier molecular flexibility index (Phi) is 9.68. The fourth-order valence-corrected chi connectivity index (χ4v) is 4.26. The summed E-state index contributed by atoms with van der Waals surface area (Å²) in [5.74, 6) is 0.939. The van der Waals surface area contributed by atoms with Crippen LogP contribution < -0.4 is 9.47 Å². The predicted molar refractivity (Wildman–Crippen MR) is 159 cm³/mol. The number of hydrogen-bond acceptors (Lipinski definition) is 6. The van der Waals surface area contributed by atoms with Crippen molar-refractivity contribution in [3.05, 3.63) is 70.8 Å². The molecule has 0 spiro atoms. The number of carbonyl (C=O) groups is 2. The van der Waals surface area contributed by atoms with Crippen molar-refractivity contribution >= 4 is 22.5 Å². The molecule has 3 aromatic carbocycles. The number of hydrogen-bond donors (Lipinski definition) is 0. The van der Waals surface area contributed by atoms with Crippen LogP contribution in [0.25, 0.3) is 10.8 Å². The van der Waals surface area contributed by atoms with Crippen LogP contribution >= 0.6 is 0 Å². The van der Waals surface area contributed by atoms with Gasteiger partial charge in [0, 0.05) is 17.9 Å². The molecule has 0 amide bonds. The van der Waals surface area contributed by atoms with Crippen LogP contribution in [0, 0.1) is 19.3 Å². The third-order valence-corrected chi connectivity index (χ3v) is 7.50. The van der Waals surface area contributed by atoms with Crippen LogP contribution in [0.3, 0.4) is 0 Å². The highest BCUT2D eigenvalue weighted by atomic mass is 16.7. The molecule has 0 N–H and O–H groups in total. The lowest BCUT2D eigenvalue weighted by molar-refractivity contribution is -0.149. The Morgan fingerprint density at radius 2 is 1.20 bits per heavy atom. The van der Waals surface area contributed by atoms with Gasteiger partial charge in [0.25, 0.3) is 0 Å². The summed E-state index contributed by atoms with van der Waals surface area (Å²) in [6.07, 6.45) is 0.425. The SMILES string of the molecule is CCC(C)(C)OC(C)Oc1cc2cc(C)c(OC(C)OC(=O)c3ccc(C(=O)C(C)(C)CC)cc3)cc2cc1C. The zero-order valence-electron chi connectivity index (χ0n) is 25.6. The van der Waals surface area contributed by atoms with Crippen LogP contribution in [0.15, 0.2) is 48.5 Å². The number of aryl methyl sites for hydroxylation is 2. The van der Waals surface area contributed by atoms with E-state index in [2.05, 4.69) is 20.8 Å². The summed E-state index contributed by atoms with van der Waals surface area (Å²) in [5, 5.41) is 2.00. The Hall–Kier alpha value is -3.38. The third-order valence-electron chi connectivity index (χ3n) is 7.50. The van der Waals surface area contributed by atoms with Gasteiger partial charge in [-0.1, -0.05) is 39.8 Å². The molecule has 0 saturated heterocycles. The molecule has 0 aromatic heterocycles. The molecule has 0 heterocycles. The van der Waals surface area contributed by atoms with Crippen molar-refractivity contribution in [3.8, 4) is 11.5 Å². The Bertz CT molecular complexity index is 1350. The van der Waals surface area contributed by atoms with Crippen molar-refractivity contribution in [1.29, 1.82) is 0 Å². The van der Waals surface area contributed by atoms with E-state index in [0.717, 1.165) is 40.5 Å². The lowest BCUT2D eigenvalue weighted by atomic mass is 9.82. The normalized spacial score (nSPS) is 13.6. The summed E-state index contributed by atoms with van der Waals surface area (Å²) >= 11 is 0. The molecule has 6 nitrogen and oxygen atoms in total. The zero-order chi connectivity index (χ0) is 29.8. The van der Waals surface area contributed by atoms with E-state index in [9.17, 15) is 9.59 Å². The van der Waals surface area contributed by atoms with Crippen LogP contribution in [0.5, 0.6) is 11.5 Å². The predicted octanol–water partition coefficient (Wildman–Crippen LogP) is 8.59. The summed E-state index contributed by atoms with van der Waals surface area (Å²) < 4.78 is 23.7. The Morgan fingerprint density at radius 3 is 1.68 bits per heavy atom. The van der Waals surface area contributed by atoms with Crippen molar-refractivity contribution in [1.82, 2.24) is 0 Å². The second kappa shape index (κ2) is 12.4. The zero-order valence-corrected chi connectivity index (χ0v) is 25.6. The largest absolute Gasteiger partial charge is 0.465 e. The molecular formula is C34H44O6. The molecule has 2 atom stereocenters. The van der Waals surface area contributed by atoms with Crippen LogP contribution in [0.4, 0.5) is 0 Å². The van der Waals surface area contributed by atoms with Crippen molar-refractivity contribution in [2.75, 3.05) is 0 Å². The van der Waals surface area contributed by atoms with E-state index in [4.69, 9.17) is 18.9 Å². The summed E-state index contributed by atoms with van der Waals surface area (Å²) in [5.41, 5.74) is 2.12. The molecule has 3 rings (SSSR count). The second-order valence-electron chi connectivity index (χ2n) is 11.7. The quantitative estimate of drug-likeness (QED) is 0.128. The Labute approximate surface area is 239 Å². The van der Waals surface area contributed by atoms with Crippen LogP contribution in [-0.2, 0) is 9.47 Å². The molecule has 6 heteroatoms. The fraction of sp³-hybridized carbons (Fsp3) is 0.471. The lowest BCUT2D eigenvalue weighted by Crippen LogP contribution is -2.31. The highest BCUT2D eigenvalue weighted by molar-refractivity contribution is 6.01. The van der Waals surface area contributed by atoms with Gasteiger partial charge >= 0.3 is 5.97 Å². The monoisotopic (exact) mass is 548 g/mol. The summed E-state index contributed by atoms with van der Waals surface area (Å²) in [7, 11) is 0. The molecule has 0 aliphatic rings. The van der Waals surface area contributed by atoms with Crippen molar-refractivity contribution in [2.24, 2.45) is 5.41 Å². The van der Waals surface area contributed by atoms with Crippen molar-refractivity contribution in [2.45, 2.75) is 100 Å².